The van der Waals surface area contributed by atoms with Crippen molar-refractivity contribution in [3.63, 3.8) is 0 Å². The molecule has 0 saturated heterocycles. The van der Waals surface area contributed by atoms with Crippen LogP contribution in [0.3, 0.4) is 0 Å². The maximum absolute atomic E-state index is 4.64. The summed E-state index contributed by atoms with van der Waals surface area (Å²) in [5.41, 5.74) is 0. The van der Waals surface area contributed by atoms with Crippen LogP contribution in [-0.4, -0.2) is 23.2 Å². The Morgan fingerprint density at radius 1 is 1.44 bits per heavy atom. The average Bonchev–Trinajstić information content (AvgIpc) is 1.80. The van der Waals surface area contributed by atoms with Crippen LogP contribution in [0.25, 0.3) is 0 Å². The summed E-state index contributed by atoms with van der Waals surface area (Å²) in [6, 6.07) is 0. The zero-order valence-electron chi connectivity index (χ0n) is 5.83. The van der Waals surface area contributed by atoms with Crippen LogP contribution in [0, 0.1) is 0 Å². The Kier molecular flexibility index (Phi) is 6.21. The van der Waals surface area contributed by atoms with Crippen molar-refractivity contribution >= 4 is 33.4 Å². The zero-order chi connectivity index (χ0) is 7.11. The molecular formula is C7H12S2. The Morgan fingerprint density at radius 2 is 2.11 bits per heavy atom. The molecule has 2 heteroatoms. The molecule has 0 bridgehead atoms. The van der Waals surface area contributed by atoms with E-state index >= 15 is 0 Å². The van der Waals surface area contributed by atoms with Crippen molar-refractivity contribution in [3.8, 4) is 0 Å². The third-order valence-electron chi connectivity index (χ3n) is 0.719. The highest BCUT2D eigenvalue weighted by molar-refractivity contribution is 8.14. The summed E-state index contributed by atoms with van der Waals surface area (Å²) in [5, 5.41) is 3.91. The number of allylic oxidation sites excluding steroid dienone is 2. The van der Waals surface area contributed by atoms with E-state index in [0.29, 0.717) is 10.5 Å². The zero-order valence-corrected chi connectivity index (χ0v) is 7.47. The number of hydrogen-bond donors (Lipinski definition) is 0. The highest BCUT2D eigenvalue weighted by atomic mass is 32.2. The van der Waals surface area contributed by atoms with Crippen LogP contribution in [-0.2, 0) is 0 Å². The lowest BCUT2D eigenvalue weighted by Gasteiger charge is -1.82. The molecule has 0 unspecified atom stereocenters. The molecular weight excluding hydrogens is 148 g/mol. The number of hydrogen-bond acceptors (Lipinski definition) is 1. The van der Waals surface area contributed by atoms with Crippen LogP contribution < -0.4 is 0 Å². The molecule has 0 aromatic rings. The van der Waals surface area contributed by atoms with E-state index in [-0.39, 0.29) is 0 Å². The smallest absolute Gasteiger partial charge is 0.00606 e. The van der Waals surface area contributed by atoms with E-state index in [1.54, 1.807) is 5.37 Å². The van der Waals surface area contributed by atoms with E-state index in [1.165, 1.54) is 0 Å². The van der Waals surface area contributed by atoms with Gasteiger partial charge in [-0.1, -0.05) is 24.4 Å². The molecule has 0 aliphatic rings. The first-order valence-electron chi connectivity index (χ1n) is 2.77. The molecule has 0 nitrogen and oxygen atoms in total. The van der Waals surface area contributed by atoms with Crippen molar-refractivity contribution in [3.05, 3.63) is 12.2 Å². The van der Waals surface area contributed by atoms with Crippen LogP contribution in [0.5, 0.6) is 0 Å². The third kappa shape index (κ3) is 8.05. The van der Waals surface area contributed by atoms with Crippen molar-refractivity contribution in [2.45, 2.75) is 6.42 Å². The minimum absolute atomic E-state index is 0.421. The number of rotatable bonds is 3. The van der Waals surface area contributed by atoms with Gasteiger partial charge in [0, 0.05) is 0 Å². The Balaban J connectivity index is 3.47. The maximum Gasteiger partial charge on any atom is -0.00606 e. The minimum Gasteiger partial charge on any atom is -0.192 e. The summed E-state index contributed by atoms with van der Waals surface area (Å²) >= 11 is 4.64. The fraction of sp³-hybridized carbons (Fsp3) is 0.429. The predicted molar refractivity (Wildman–Crippen MR) is 52.9 cm³/mol. The van der Waals surface area contributed by atoms with Crippen molar-refractivity contribution in [2.24, 2.45) is 0 Å². The fourth-order valence-electron chi connectivity index (χ4n) is 0.347. The summed E-state index contributed by atoms with van der Waals surface area (Å²) in [6.07, 6.45) is 9.42. The van der Waals surface area contributed by atoms with Gasteiger partial charge in [0.15, 0.2) is 0 Å². The normalized spacial score (nSPS) is 10.6. The lowest BCUT2D eigenvalue weighted by molar-refractivity contribution is 1.59. The van der Waals surface area contributed by atoms with Gasteiger partial charge in [-0.15, -0.1) is 0 Å². The van der Waals surface area contributed by atoms with E-state index in [0.717, 1.165) is 6.42 Å². The average molecular weight is 160 g/mol. The van der Waals surface area contributed by atoms with E-state index < -0.39 is 0 Å². The van der Waals surface area contributed by atoms with Crippen molar-refractivity contribution in [1.29, 1.82) is 0 Å². The molecule has 0 amide bonds. The quantitative estimate of drug-likeness (QED) is 0.451. The molecule has 0 spiro atoms. The van der Waals surface area contributed by atoms with Gasteiger partial charge in [-0.3, -0.25) is 0 Å². The third-order valence-corrected chi connectivity index (χ3v) is 1.61. The fourth-order valence-corrected chi connectivity index (χ4v) is 0.883. The van der Waals surface area contributed by atoms with Crippen LogP contribution in [0.4, 0.5) is 0 Å². The Morgan fingerprint density at radius 3 is 2.56 bits per heavy atom. The molecule has 0 aliphatic heterocycles. The first kappa shape index (κ1) is 9.05. The van der Waals surface area contributed by atoms with Gasteiger partial charge in [0.25, 0.3) is 0 Å². The molecule has 0 radical (unpaired) electrons. The molecule has 0 heterocycles. The summed E-state index contributed by atoms with van der Waals surface area (Å²) in [7, 11) is 0.421. The summed E-state index contributed by atoms with van der Waals surface area (Å²) < 4.78 is 0. The van der Waals surface area contributed by atoms with Crippen molar-refractivity contribution in [1.82, 2.24) is 0 Å². The van der Waals surface area contributed by atoms with Gasteiger partial charge >= 0.3 is 0 Å². The van der Waals surface area contributed by atoms with E-state index in [9.17, 15) is 0 Å². The second-order valence-electron chi connectivity index (χ2n) is 1.85. The lowest BCUT2D eigenvalue weighted by Crippen LogP contribution is -1.66. The van der Waals surface area contributed by atoms with Crippen LogP contribution in [0.2, 0.25) is 0 Å². The minimum atomic E-state index is 0.421. The molecule has 0 rings (SSSR count). The van der Waals surface area contributed by atoms with Crippen molar-refractivity contribution in [2.75, 3.05) is 12.5 Å². The van der Waals surface area contributed by atoms with Gasteiger partial charge in [0.1, 0.15) is 0 Å². The second-order valence-corrected chi connectivity index (χ2v) is 4.21. The highest BCUT2D eigenvalue weighted by Crippen LogP contribution is 1.94. The standard InChI is InChI=1S/C7H12S2/c1-9(2)7-5-3-4-6-8/h3,5-7H,4H2,1-2H3/b5-3-. The van der Waals surface area contributed by atoms with Gasteiger partial charge in [0.2, 0.25) is 0 Å². The van der Waals surface area contributed by atoms with E-state index in [2.05, 4.69) is 42.2 Å². The monoisotopic (exact) mass is 160 g/mol. The van der Waals surface area contributed by atoms with Crippen LogP contribution >= 0.6 is 22.7 Å². The molecule has 0 N–H and O–H groups in total. The first-order chi connectivity index (χ1) is 4.27. The largest absolute Gasteiger partial charge is 0.192 e. The van der Waals surface area contributed by atoms with Crippen LogP contribution in [0.15, 0.2) is 12.2 Å². The number of thiocarbonyl (C=S) groups is 1. The van der Waals surface area contributed by atoms with Gasteiger partial charge in [-0.25, -0.2) is 0 Å². The Bertz CT molecular complexity index is 130. The van der Waals surface area contributed by atoms with Crippen molar-refractivity contribution < 1.29 is 0 Å². The molecule has 0 aromatic heterocycles. The first-order valence-corrected chi connectivity index (χ1v) is 5.35. The molecule has 0 fully saturated rings. The molecule has 0 atom stereocenters. The SMILES string of the molecule is CS(C)=C/C=C\CC=S. The topological polar surface area (TPSA) is 0 Å². The molecule has 0 aromatic carbocycles. The van der Waals surface area contributed by atoms with Gasteiger partial charge in [-0.2, -0.15) is 10.5 Å². The summed E-state index contributed by atoms with van der Waals surface area (Å²) in [5.74, 6) is 0. The molecule has 0 aliphatic carbocycles. The second kappa shape index (κ2) is 6.17. The Labute approximate surface area is 64.9 Å². The summed E-state index contributed by atoms with van der Waals surface area (Å²) in [6.45, 7) is 0. The predicted octanol–water partition coefficient (Wildman–Crippen LogP) is 2.26. The Hall–Kier alpha value is 0.0500. The summed E-state index contributed by atoms with van der Waals surface area (Å²) in [4.78, 5) is 0. The maximum atomic E-state index is 4.64. The highest BCUT2D eigenvalue weighted by Gasteiger charge is 1.67. The van der Waals surface area contributed by atoms with Gasteiger partial charge in [-0.05, 0) is 29.7 Å². The van der Waals surface area contributed by atoms with Gasteiger partial charge in [0.05, 0.1) is 0 Å². The van der Waals surface area contributed by atoms with E-state index in [4.69, 9.17) is 0 Å². The molecule has 52 valence electrons. The van der Waals surface area contributed by atoms with Gasteiger partial charge < -0.3 is 0 Å². The molecule has 0 saturated carbocycles. The molecule has 9 heavy (non-hydrogen) atoms. The van der Waals surface area contributed by atoms with Crippen LogP contribution in [0.1, 0.15) is 6.42 Å². The lowest BCUT2D eigenvalue weighted by atomic mass is 10.4. The van der Waals surface area contributed by atoms with E-state index in [1.807, 2.05) is 0 Å².